The second-order valence-electron chi connectivity index (χ2n) is 3.72. The van der Waals surface area contributed by atoms with Crippen LogP contribution < -0.4 is 0 Å². The standard InChI is InChI=1S/C11H12N2O3S2/c1-6-5-8(18-7(6)2)10-12-13-11(16-10)17-4-3-9(14)15/h5H,3-4H2,1-2H3,(H,14,15). The molecule has 0 amide bonds. The van der Waals surface area contributed by atoms with Gasteiger partial charge in [0, 0.05) is 10.6 Å². The van der Waals surface area contributed by atoms with Gasteiger partial charge >= 0.3 is 5.97 Å². The zero-order valence-electron chi connectivity index (χ0n) is 9.97. The molecular weight excluding hydrogens is 272 g/mol. The lowest BCUT2D eigenvalue weighted by atomic mass is 10.3. The lowest BCUT2D eigenvalue weighted by Gasteiger charge is -1.91. The van der Waals surface area contributed by atoms with Gasteiger partial charge in [0.25, 0.3) is 11.1 Å². The quantitative estimate of drug-likeness (QED) is 0.851. The number of hydrogen-bond acceptors (Lipinski definition) is 6. The first-order valence-electron chi connectivity index (χ1n) is 5.32. The monoisotopic (exact) mass is 284 g/mol. The summed E-state index contributed by atoms with van der Waals surface area (Å²) < 4.78 is 5.48. The Bertz CT molecular complexity index is 543. The van der Waals surface area contributed by atoms with Crippen molar-refractivity contribution in [2.24, 2.45) is 0 Å². The highest BCUT2D eigenvalue weighted by Gasteiger charge is 2.12. The number of carboxylic acid groups (broad SMARTS) is 1. The van der Waals surface area contributed by atoms with Crippen molar-refractivity contribution in [3.63, 3.8) is 0 Å². The van der Waals surface area contributed by atoms with Crippen LogP contribution in [0.5, 0.6) is 0 Å². The van der Waals surface area contributed by atoms with Crippen LogP contribution in [0.25, 0.3) is 10.8 Å². The van der Waals surface area contributed by atoms with E-state index in [1.165, 1.54) is 22.2 Å². The average molecular weight is 284 g/mol. The predicted octanol–water partition coefficient (Wildman–Crippen LogP) is 2.98. The number of aromatic nitrogens is 2. The summed E-state index contributed by atoms with van der Waals surface area (Å²) >= 11 is 2.87. The van der Waals surface area contributed by atoms with Gasteiger partial charge in [0.2, 0.25) is 0 Å². The molecule has 0 bridgehead atoms. The Balaban J connectivity index is 2.03. The molecule has 0 aliphatic rings. The SMILES string of the molecule is Cc1cc(-c2nnc(SCCC(=O)O)o2)sc1C. The molecule has 0 aliphatic heterocycles. The first-order chi connectivity index (χ1) is 8.56. The lowest BCUT2D eigenvalue weighted by Crippen LogP contribution is -1.95. The maximum atomic E-state index is 10.4. The molecule has 5 nitrogen and oxygen atoms in total. The number of aliphatic carboxylic acids is 1. The summed E-state index contributed by atoms with van der Waals surface area (Å²) in [5.41, 5.74) is 1.20. The fraction of sp³-hybridized carbons (Fsp3) is 0.364. The normalized spacial score (nSPS) is 10.8. The van der Waals surface area contributed by atoms with Gasteiger partial charge in [-0.05, 0) is 25.5 Å². The van der Waals surface area contributed by atoms with E-state index in [4.69, 9.17) is 9.52 Å². The molecule has 2 heterocycles. The third kappa shape index (κ3) is 3.11. The number of nitrogens with zero attached hydrogens (tertiary/aromatic N) is 2. The van der Waals surface area contributed by atoms with E-state index in [0.29, 0.717) is 16.9 Å². The Morgan fingerprint density at radius 1 is 1.50 bits per heavy atom. The minimum atomic E-state index is -0.827. The van der Waals surface area contributed by atoms with Crippen molar-refractivity contribution in [1.82, 2.24) is 10.2 Å². The molecule has 0 saturated heterocycles. The van der Waals surface area contributed by atoms with Gasteiger partial charge in [0.15, 0.2) is 0 Å². The van der Waals surface area contributed by atoms with Crippen LogP contribution in [-0.2, 0) is 4.79 Å². The lowest BCUT2D eigenvalue weighted by molar-refractivity contribution is -0.136. The van der Waals surface area contributed by atoms with E-state index in [0.717, 1.165) is 4.88 Å². The van der Waals surface area contributed by atoms with Gasteiger partial charge in [-0.15, -0.1) is 21.5 Å². The van der Waals surface area contributed by atoms with E-state index in [-0.39, 0.29) is 6.42 Å². The van der Waals surface area contributed by atoms with Crippen LogP contribution in [0.15, 0.2) is 15.7 Å². The highest BCUT2D eigenvalue weighted by molar-refractivity contribution is 7.99. The van der Waals surface area contributed by atoms with Crippen LogP contribution >= 0.6 is 23.1 Å². The van der Waals surface area contributed by atoms with Crippen molar-refractivity contribution in [3.05, 3.63) is 16.5 Å². The predicted molar refractivity (Wildman–Crippen MR) is 70.1 cm³/mol. The minimum absolute atomic E-state index is 0.0829. The topological polar surface area (TPSA) is 76.2 Å². The van der Waals surface area contributed by atoms with Crippen molar-refractivity contribution < 1.29 is 14.3 Å². The number of carbonyl (C=O) groups is 1. The average Bonchev–Trinajstić information content (AvgIpc) is 2.87. The number of thioether (sulfide) groups is 1. The van der Waals surface area contributed by atoms with Gasteiger partial charge in [-0.3, -0.25) is 4.79 Å². The molecule has 0 aromatic carbocycles. The molecule has 0 aliphatic carbocycles. The molecule has 96 valence electrons. The summed E-state index contributed by atoms with van der Waals surface area (Å²) in [6.07, 6.45) is 0.0829. The van der Waals surface area contributed by atoms with Gasteiger partial charge < -0.3 is 9.52 Å². The molecule has 2 rings (SSSR count). The van der Waals surface area contributed by atoms with E-state index < -0.39 is 5.97 Å². The smallest absolute Gasteiger partial charge is 0.304 e. The zero-order chi connectivity index (χ0) is 13.1. The van der Waals surface area contributed by atoms with Gasteiger partial charge in [0.05, 0.1) is 11.3 Å². The minimum Gasteiger partial charge on any atom is -0.481 e. The molecule has 7 heteroatoms. The molecule has 2 aromatic rings. The number of aryl methyl sites for hydroxylation is 2. The van der Waals surface area contributed by atoms with Crippen molar-refractivity contribution >= 4 is 29.1 Å². The zero-order valence-corrected chi connectivity index (χ0v) is 11.6. The van der Waals surface area contributed by atoms with Crippen LogP contribution in [0.2, 0.25) is 0 Å². The number of carboxylic acids is 1. The summed E-state index contributed by atoms with van der Waals surface area (Å²) in [4.78, 5) is 12.6. The second kappa shape index (κ2) is 5.53. The van der Waals surface area contributed by atoms with E-state index in [2.05, 4.69) is 10.2 Å². The van der Waals surface area contributed by atoms with E-state index in [1.54, 1.807) is 11.3 Å². The maximum Gasteiger partial charge on any atom is 0.304 e. The van der Waals surface area contributed by atoms with Crippen molar-refractivity contribution in [2.45, 2.75) is 25.5 Å². The summed E-state index contributed by atoms with van der Waals surface area (Å²) in [6, 6.07) is 2.01. The molecule has 18 heavy (non-hydrogen) atoms. The van der Waals surface area contributed by atoms with Crippen LogP contribution in [0, 0.1) is 13.8 Å². The Kier molecular flexibility index (Phi) is 4.03. The first-order valence-corrected chi connectivity index (χ1v) is 7.12. The Morgan fingerprint density at radius 2 is 2.28 bits per heavy atom. The van der Waals surface area contributed by atoms with Gasteiger partial charge in [-0.25, -0.2) is 0 Å². The molecule has 0 fully saturated rings. The van der Waals surface area contributed by atoms with Crippen molar-refractivity contribution in [1.29, 1.82) is 0 Å². The summed E-state index contributed by atoms with van der Waals surface area (Å²) in [5, 5.41) is 16.8. The van der Waals surface area contributed by atoms with Crippen LogP contribution in [0.3, 0.4) is 0 Å². The molecule has 2 aromatic heterocycles. The van der Waals surface area contributed by atoms with E-state index in [9.17, 15) is 4.79 Å². The highest BCUT2D eigenvalue weighted by atomic mass is 32.2. The third-order valence-electron chi connectivity index (χ3n) is 2.32. The Morgan fingerprint density at radius 3 is 2.89 bits per heavy atom. The molecular formula is C11H12N2O3S2. The van der Waals surface area contributed by atoms with Gasteiger partial charge in [-0.2, -0.15) is 0 Å². The van der Waals surface area contributed by atoms with E-state index >= 15 is 0 Å². The molecule has 0 spiro atoms. The van der Waals surface area contributed by atoms with Crippen LogP contribution in [0.4, 0.5) is 0 Å². The van der Waals surface area contributed by atoms with Gasteiger partial charge in [-0.1, -0.05) is 11.8 Å². The summed E-state index contributed by atoms with van der Waals surface area (Å²) in [7, 11) is 0. The Hall–Kier alpha value is -1.34. The van der Waals surface area contributed by atoms with Crippen molar-refractivity contribution in [2.75, 3.05) is 5.75 Å². The molecule has 0 saturated carbocycles. The maximum absolute atomic E-state index is 10.4. The summed E-state index contributed by atoms with van der Waals surface area (Å²) in [5.74, 6) is 0.0974. The molecule has 0 atom stereocenters. The fourth-order valence-corrected chi connectivity index (χ4v) is 2.91. The summed E-state index contributed by atoms with van der Waals surface area (Å²) in [6.45, 7) is 4.08. The van der Waals surface area contributed by atoms with Gasteiger partial charge in [0.1, 0.15) is 0 Å². The van der Waals surface area contributed by atoms with Crippen LogP contribution in [-0.4, -0.2) is 27.0 Å². The first kappa shape index (κ1) is 13.1. The molecule has 0 unspecified atom stereocenters. The third-order valence-corrected chi connectivity index (χ3v) is 4.29. The Labute approximate surface area is 112 Å². The molecule has 1 N–H and O–H groups in total. The number of rotatable bonds is 5. The van der Waals surface area contributed by atoms with Crippen LogP contribution in [0.1, 0.15) is 16.9 Å². The number of hydrogen-bond donors (Lipinski definition) is 1. The molecule has 0 radical (unpaired) electrons. The van der Waals surface area contributed by atoms with Crippen molar-refractivity contribution in [3.8, 4) is 10.8 Å². The van der Waals surface area contributed by atoms with E-state index in [1.807, 2.05) is 19.9 Å². The highest BCUT2D eigenvalue weighted by Crippen LogP contribution is 2.31. The number of thiophene rings is 1. The second-order valence-corrected chi connectivity index (χ2v) is 6.02. The largest absolute Gasteiger partial charge is 0.481 e. The fourth-order valence-electron chi connectivity index (χ4n) is 1.27.